The van der Waals surface area contributed by atoms with Gasteiger partial charge in [-0.3, -0.25) is 4.90 Å². The molecule has 0 amide bonds. The van der Waals surface area contributed by atoms with E-state index in [1.54, 1.807) is 12.1 Å². The third-order valence-corrected chi connectivity index (χ3v) is 3.89. The van der Waals surface area contributed by atoms with Crippen LogP contribution in [0.25, 0.3) is 0 Å². The molecule has 0 aliphatic heterocycles. The van der Waals surface area contributed by atoms with Crippen molar-refractivity contribution in [3.8, 4) is 0 Å². The number of ether oxygens (including phenoxy) is 1. The van der Waals surface area contributed by atoms with E-state index in [4.69, 9.17) is 4.42 Å². The van der Waals surface area contributed by atoms with Crippen molar-refractivity contribution in [2.75, 3.05) is 20.3 Å². The first-order valence-electron chi connectivity index (χ1n) is 7.26. The molecule has 1 N–H and O–H groups in total. The summed E-state index contributed by atoms with van der Waals surface area (Å²) in [5, 5.41) is 9.23. The minimum absolute atomic E-state index is 0.140. The average Bonchev–Trinajstić information content (AvgIpc) is 2.95. The van der Waals surface area contributed by atoms with Gasteiger partial charge in [0.2, 0.25) is 5.76 Å². The summed E-state index contributed by atoms with van der Waals surface area (Å²) in [6, 6.07) is 3.95. The van der Waals surface area contributed by atoms with Crippen LogP contribution in [-0.2, 0) is 11.3 Å². The van der Waals surface area contributed by atoms with Crippen molar-refractivity contribution in [2.45, 2.75) is 44.7 Å². The number of methoxy groups -OCH3 is 1. The molecule has 5 heteroatoms. The molecule has 2 rings (SSSR count). The van der Waals surface area contributed by atoms with E-state index >= 15 is 0 Å². The summed E-state index contributed by atoms with van der Waals surface area (Å²) in [5.74, 6) is 0.516. The number of aliphatic hydroxyl groups excluding tert-OH is 1. The number of hydrogen-bond acceptors (Lipinski definition) is 5. The Kier molecular flexibility index (Phi) is 5.61. The Bertz CT molecular complexity index is 423. The average molecular weight is 281 g/mol. The Morgan fingerprint density at radius 3 is 2.80 bits per heavy atom. The second-order valence-corrected chi connectivity index (χ2v) is 5.24. The standard InChI is InChI=1S/C15H23NO4/c1-19-15(18)14-8-7-13(20-14)11-16(9-10-17)12-5-3-2-4-6-12/h7-8,12,17H,2-6,9-11H2,1H3. The Balaban J connectivity index is 1.99. The van der Waals surface area contributed by atoms with Gasteiger partial charge in [0.1, 0.15) is 5.76 Å². The largest absolute Gasteiger partial charge is 0.463 e. The van der Waals surface area contributed by atoms with Gasteiger partial charge in [-0.1, -0.05) is 19.3 Å². The van der Waals surface area contributed by atoms with Gasteiger partial charge in [0.15, 0.2) is 0 Å². The molecule has 1 heterocycles. The zero-order valence-electron chi connectivity index (χ0n) is 12.0. The summed E-state index contributed by atoms with van der Waals surface area (Å²) < 4.78 is 10.1. The molecule has 0 spiro atoms. The van der Waals surface area contributed by atoms with Crippen LogP contribution in [-0.4, -0.2) is 42.3 Å². The minimum atomic E-state index is -0.456. The molecule has 1 saturated carbocycles. The van der Waals surface area contributed by atoms with Crippen LogP contribution >= 0.6 is 0 Å². The lowest BCUT2D eigenvalue weighted by atomic mass is 9.94. The van der Waals surface area contributed by atoms with Crippen LogP contribution in [0.4, 0.5) is 0 Å². The summed E-state index contributed by atoms with van der Waals surface area (Å²) in [7, 11) is 1.34. The highest BCUT2D eigenvalue weighted by Gasteiger charge is 2.22. The molecular weight excluding hydrogens is 258 g/mol. The number of rotatable bonds is 6. The predicted molar refractivity (Wildman–Crippen MR) is 74.4 cm³/mol. The van der Waals surface area contributed by atoms with E-state index in [1.807, 2.05) is 0 Å². The maximum absolute atomic E-state index is 11.4. The van der Waals surface area contributed by atoms with Crippen molar-refractivity contribution < 1.29 is 19.1 Å². The molecule has 1 aliphatic carbocycles. The summed E-state index contributed by atoms with van der Waals surface area (Å²) in [6.07, 6.45) is 6.14. The van der Waals surface area contributed by atoms with Crippen molar-refractivity contribution in [1.29, 1.82) is 0 Å². The van der Waals surface area contributed by atoms with Gasteiger partial charge in [-0.05, 0) is 25.0 Å². The van der Waals surface area contributed by atoms with Gasteiger partial charge in [0.05, 0.1) is 20.3 Å². The normalized spacial score (nSPS) is 16.6. The van der Waals surface area contributed by atoms with E-state index in [0.717, 1.165) is 5.76 Å². The zero-order chi connectivity index (χ0) is 14.4. The van der Waals surface area contributed by atoms with Crippen LogP contribution in [0.3, 0.4) is 0 Å². The van der Waals surface area contributed by atoms with Crippen molar-refractivity contribution in [3.05, 3.63) is 23.7 Å². The molecule has 5 nitrogen and oxygen atoms in total. The van der Waals surface area contributed by atoms with Gasteiger partial charge in [0, 0.05) is 12.6 Å². The summed E-state index contributed by atoms with van der Waals surface area (Å²) in [4.78, 5) is 13.6. The van der Waals surface area contributed by atoms with Crippen LogP contribution in [0.5, 0.6) is 0 Å². The van der Waals surface area contributed by atoms with Gasteiger partial charge < -0.3 is 14.3 Å². The molecule has 1 aliphatic rings. The topological polar surface area (TPSA) is 62.9 Å². The van der Waals surface area contributed by atoms with E-state index in [-0.39, 0.29) is 12.4 Å². The van der Waals surface area contributed by atoms with Crippen LogP contribution in [0.1, 0.15) is 48.4 Å². The molecule has 0 radical (unpaired) electrons. The fourth-order valence-electron chi connectivity index (χ4n) is 2.84. The number of hydrogen-bond donors (Lipinski definition) is 1. The molecule has 112 valence electrons. The number of furan rings is 1. The first kappa shape index (κ1) is 15.1. The van der Waals surface area contributed by atoms with E-state index in [2.05, 4.69) is 9.64 Å². The van der Waals surface area contributed by atoms with Gasteiger partial charge in [-0.25, -0.2) is 4.79 Å². The Labute approximate surface area is 119 Å². The lowest BCUT2D eigenvalue weighted by Crippen LogP contribution is -2.38. The van der Waals surface area contributed by atoms with Gasteiger partial charge in [-0.2, -0.15) is 0 Å². The highest BCUT2D eigenvalue weighted by Crippen LogP contribution is 2.24. The van der Waals surface area contributed by atoms with Crippen molar-refractivity contribution in [2.24, 2.45) is 0 Å². The number of esters is 1. The number of aliphatic hydroxyl groups is 1. The van der Waals surface area contributed by atoms with Gasteiger partial charge >= 0.3 is 5.97 Å². The van der Waals surface area contributed by atoms with Crippen LogP contribution in [0, 0.1) is 0 Å². The highest BCUT2D eigenvalue weighted by atomic mass is 16.5. The number of nitrogens with zero attached hydrogens (tertiary/aromatic N) is 1. The lowest BCUT2D eigenvalue weighted by Gasteiger charge is -2.33. The van der Waals surface area contributed by atoms with Crippen LogP contribution in [0.2, 0.25) is 0 Å². The molecule has 0 aromatic carbocycles. The molecule has 20 heavy (non-hydrogen) atoms. The fourth-order valence-corrected chi connectivity index (χ4v) is 2.84. The quantitative estimate of drug-likeness (QED) is 0.810. The molecule has 0 bridgehead atoms. The second kappa shape index (κ2) is 7.45. The number of carbonyl (C=O) groups excluding carboxylic acids is 1. The first-order chi connectivity index (χ1) is 9.74. The Hall–Kier alpha value is -1.33. The SMILES string of the molecule is COC(=O)c1ccc(CN(CCO)C2CCCCC2)o1. The van der Waals surface area contributed by atoms with E-state index in [9.17, 15) is 9.90 Å². The minimum Gasteiger partial charge on any atom is -0.463 e. The third kappa shape index (κ3) is 3.84. The first-order valence-corrected chi connectivity index (χ1v) is 7.26. The molecule has 0 atom stereocenters. The molecule has 1 aromatic rings. The molecule has 0 saturated heterocycles. The van der Waals surface area contributed by atoms with Gasteiger partial charge in [-0.15, -0.1) is 0 Å². The van der Waals surface area contributed by atoms with Crippen molar-refractivity contribution in [3.63, 3.8) is 0 Å². The van der Waals surface area contributed by atoms with Crippen LogP contribution < -0.4 is 0 Å². The second-order valence-electron chi connectivity index (χ2n) is 5.24. The molecular formula is C15H23NO4. The van der Waals surface area contributed by atoms with Crippen molar-refractivity contribution in [1.82, 2.24) is 4.90 Å². The third-order valence-electron chi connectivity index (χ3n) is 3.89. The maximum atomic E-state index is 11.4. The summed E-state index contributed by atoms with van der Waals surface area (Å²) in [5.41, 5.74) is 0. The number of carbonyl (C=O) groups is 1. The highest BCUT2D eigenvalue weighted by molar-refractivity contribution is 5.86. The Morgan fingerprint density at radius 2 is 2.15 bits per heavy atom. The van der Waals surface area contributed by atoms with E-state index in [1.165, 1.54) is 39.2 Å². The van der Waals surface area contributed by atoms with Crippen molar-refractivity contribution >= 4 is 5.97 Å². The summed E-state index contributed by atoms with van der Waals surface area (Å²) >= 11 is 0. The van der Waals surface area contributed by atoms with Crippen LogP contribution in [0.15, 0.2) is 16.5 Å². The molecule has 1 aromatic heterocycles. The molecule has 1 fully saturated rings. The smallest absolute Gasteiger partial charge is 0.373 e. The monoisotopic (exact) mass is 281 g/mol. The maximum Gasteiger partial charge on any atom is 0.373 e. The summed E-state index contributed by atoms with van der Waals surface area (Å²) in [6.45, 7) is 1.40. The molecule has 0 unspecified atom stereocenters. The predicted octanol–water partition coefficient (Wildman–Crippen LogP) is 2.19. The zero-order valence-corrected chi connectivity index (χ0v) is 12.0. The lowest BCUT2D eigenvalue weighted by molar-refractivity contribution is 0.0557. The van der Waals surface area contributed by atoms with E-state index in [0.29, 0.717) is 19.1 Å². The van der Waals surface area contributed by atoms with Gasteiger partial charge in [0.25, 0.3) is 0 Å². The Morgan fingerprint density at radius 1 is 1.40 bits per heavy atom. The van der Waals surface area contributed by atoms with E-state index < -0.39 is 5.97 Å². The fraction of sp³-hybridized carbons (Fsp3) is 0.667.